The minimum atomic E-state index is 0.310. The van der Waals surface area contributed by atoms with Crippen molar-refractivity contribution in [2.75, 3.05) is 40.6 Å². The molecule has 6 nitrogen and oxygen atoms in total. The van der Waals surface area contributed by atoms with E-state index in [1.165, 1.54) is 24.8 Å². The van der Waals surface area contributed by atoms with Gasteiger partial charge >= 0.3 is 0 Å². The summed E-state index contributed by atoms with van der Waals surface area (Å²) in [5, 5.41) is 3.47. The Labute approximate surface area is 143 Å². The Kier molecular flexibility index (Phi) is 5.80. The largest absolute Gasteiger partial charge is 0.454 e. The van der Waals surface area contributed by atoms with Crippen molar-refractivity contribution in [3.05, 3.63) is 23.8 Å². The van der Waals surface area contributed by atoms with Crippen LogP contribution in [0.5, 0.6) is 11.5 Å². The highest BCUT2D eigenvalue weighted by Gasteiger charge is 2.16. The van der Waals surface area contributed by atoms with Gasteiger partial charge in [0.25, 0.3) is 0 Å². The molecule has 0 aromatic heterocycles. The van der Waals surface area contributed by atoms with Gasteiger partial charge in [-0.2, -0.15) is 0 Å². The Morgan fingerprint density at radius 3 is 2.83 bits per heavy atom. The van der Waals surface area contributed by atoms with E-state index < -0.39 is 0 Å². The van der Waals surface area contributed by atoms with Crippen LogP contribution in [0.25, 0.3) is 0 Å². The Bertz CT molecular complexity index is 571. The lowest BCUT2D eigenvalue weighted by Crippen LogP contribution is -2.39. The molecule has 0 atom stereocenters. The first kappa shape index (κ1) is 16.9. The van der Waals surface area contributed by atoms with Gasteiger partial charge in [-0.15, -0.1) is 0 Å². The molecule has 132 valence electrons. The lowest BCUT2D eigenvalue weighted by molar-refractivity contribution is 0.0643. The van der Waals surface area contributed by atoms with Gasteiger partial charge in [-0.05, 0) is 42.9 Å². The standard InChI is InChI=1S/C18H27N3O3/c1-19-18(20-8-5-14-6-9-22-10-7-14)21(2)12-15-3-4-16-17(11-15)24-13-23-16/h3-4,11,14H,5-10,12-13H2,1-2H3,(H,19,20). The normalized spacial score (nSPS) is 17.8. The van der Waals surface area contributed by atoms with E-state index in [0.29, 0.717) is 6.79 Å². The van der Waals surface area contributed by atoms with Crippen molar-refractivity contribution in [2.24, 2.45) is 10.9 Å². The molecule has 1 aromatic rings. The zero-order chi connectivity index (χ0) is 16.8. The number of hydrogen-bond acceptors (Lipinski definition) is 4. The van der Waals surface area contributed by atoms with Gasteiger partial charge in [0, 0.05) is 40.4 Å². The van der Waals surface area contributed by atoms with Crippen LogP contribution in [0, 0.1) is 5.92 Å². The topological polar surface area (TPSA) is 55.3 Å². The van der Waals surface area contributed by atoms with Crippen molar-refractivity contribution in [1.82, 2.24) is 10.2 Å². The average Bonchev–Trinajstić information content (AvgIpc) is 3.07. The molecule has 1 aromatic carbocycles. The maximum atomic E-state index is 5.44. The minimum absolute atomic E-state index is 0.310. The molecule has 2 aliphatic rings. The molecule has 1 saturated heterocycles. The SMILES string of the molecule is CN=C(NCCC1CCOCC1)N(C)Cc1ccc2c(c1)OCO2. The summed E-state index contributed by atoms with van der Waals surface area (Å²) >= 11 is 0. The molecule has 2 heterocycles. The molecule has 0 saturated carbocycles. The molecule has 6 heteroatoms. The van der Waals surface area contributed by atoms with Crippen LogP contribution < -0.4 is 14.8 Å². The Morgan fingerprint density at radius 2 is 2.04 bits per heavy atom. The predicted molar refractivity (Wildman–Crippen MR) is 93.6 cm³/mol. The van der Waals surface area contributed by atoms with Crippen molar-refractivity contribution < 1.29 is 14.2 Å². The molecule has 0 amide bonds. The highest BCUT2D eigenvalue weighted by molar-refractivity contribution is 5.79. The van der Waals surface area contributed by atoms with Crippen LogP contribution in [0.3, 0.4) is 0 Å². The molecule has 2 aliphatic heterocycles. The zero-order valence-corrected chi connectivity index (χ0v) is 14.6. The van der Waals surface area contributed by atoms with Gasteiger partial charge in [0.2, 0.25) is 6.79 Å². The zero-order valence-electron chi connectivity index (χ0n) is 14.6. The summed E-state index contributed by atoms with van der Waals surface area (Å²) in [7, 11) is 3.88. The molecule has 1 fully saturated rings. The van der Waals surface area contributed by atoms with E-state index in [1.807, 2.05) is 26.2 Å². The summed E-state index contributed by atoms with van der Waals surface area (Å²) in [6.07, 6.45) is 3.51. The lowest BCUT2D eigenvalue weighted by atomic mass is 9.97. The van der Waals surface area contributed by atoms with Crippen LogP contribution in [-0.2, 0) is 11.3 Å². The molecule has 3 rings (SSSR count). The maximum absolute atomic E-state index is 5.44. The number of benzene rings is 1. The summed E-state index contributed by atoms with van der Waals surface area (Å²) in [6.45, 7) is 3.84. The van der Waals surface area contributed by atoms with Crippen LogP contribution in [0.1, 0.15) is 24.8 Å². The number of rotatable bonds is 5. The third kappa shape index (κ3) is 4.32. The maximum Gasteiger partial charge on any atom is 0.231 e. The molecule has 0 radical (unpaired) electrons. The molecule has 0 unspecified atom stereocenters. The molecular weight excluding hydrogens is 306 g/mol. The van der Waals surface area contributed by atoms with Crippen LogP contribution in [0.15, 0.2) is 23.2 Å². The quantitative estimate of drug-likeness (QED) is 0.661. The van der Waals surface area contributed by atoms with Crippen LogP contribution in [0.4, 0.5) is 0 Å². The van der Waals surface area contributed by atoms with E-state index in [0.717, 1.165) is 49.7 Å². The number of fused-ring (bicyclic) bond motifs is 1. The Hall–Kier alpha value is -1.95. The van der Waals surface area contributed by atoms with E-state index in [4.69, 9.17) is 14.2 Å². The van der Waals surface area contributed by atoms with Gasteiger partial charge in [0.15, 0.2) is 17.5 Å². The van der Waals surface area contributed by atoms with Gasteiger partial charge < -0.3 is 24.4 Å². The summed E-state index contributed by atoms with van der Waals surface area (Å²) < 4.78 is 16.2. The lowest BCUT2D eigenvalue weighted by Gasteiger charge is -2.25. The van der Waals surface area contributed by atoms with E-state index in [1.54, 1.807) is 0 Å². The molecule has 1 N–H and O–H groups in total. The fourth-order valence-corrected chi connectivity index (χ4v) is 3.20. The van der Waals surface area contributed by atoms with E-state index in [2.05, 4.69) is 21.3 Å². The fourth-order valence-electron chi connectivity index (χ4n) is 3.20. The fraction of sp³-hybridized carbons (Fsp3) is 0.611. The van der Waals surface area contributed by atoms with Gasteiger partial charge in [0.05, 0.1) is 0 Å². The predicted octanol–water partition coefficient (Wildman–Crippen LogP) is 2.24. The number of hydrogen-bond donors (Lipinski definition) is 1. The molecular formula is C18H27N3O3. The third-order valence-electron chi connectivity index (χ3n) is 4.61. The van der Waals surface area contributed by atoms with Crippen molar-refractivity contribution in [3.63, 3.8) is 0 Å². The smallest absolute Gasteiger partial charge is 0.231 e. The summed E-state index contributed by atoms with van der Waals surface area (Å²) in [5.74, 6) is 3.33. The van der Waals surface area contributed by atoms with Gasteiger partial charge in [-0.1, -0.05) is 6.07 Å². The molecule has 24 heavy (non-hydrogen) atoms. The summed E-state index contributed by atoms with van der Waals surface area (Å²) in [5.41, 5.74) is 1.18. The first-order valence-electron chi connectivity index (χ1n) is 8.64. The Balaban J connectivity index is 1.47. The number of ether oxygens (including phenoxy) is 3. The van der Waals surface area contributed by atoms with Gasteiger partial charge in [0.1, 0.15) is 0 Å². The summed E-state index contributed by atoms with van der Waals surface area (Å²) in [6, 6.07) is 6.07. The second-order valence-electron chi connectivity index (χ2n) is 6.36. The van der Waals surface area contributed by atoms with Crippen molar-refractivity contribution in [3.8, 4) is 11.5 Å². The number of nitrogens with zero attached hydrogens (tertiary/aromatic N) is 2. The monoisotopic (exact) mass is 333 g/mol. The van der Waals surface area contributed by atoms with Crippen LogP contribution in [0.2, 0.25) is 0 Å². The van der Waals surface area contributed by atoms with E-state index in [9.17, 15) is 0 Å². The van der Waals surface area contributed by atoms with Crippen molar-refractivity contribution in [2.45, 2.75) is 25.8 Å². The molecule has 0 spiro atoms. The van der Waals surface area contributed by atoms with E-state index in [-0.39, 0.29) is 0 Å². The number of guanidine groups is 1. The van der Waals surface area contributed by atoms with Gasteiger partial charge in [-0.25, -0.2) is 0 Å². The van der Waals surface area contributed by atoms with Gasteiger partial charge in [-0.3, -0.25) is 4.99 Å². The number of nitrogens with one attached hydrogen (secondary N) is 1. The third-order valence-corrected chi connectivity index (χ3v) is 4.61. The Morgan fingerprint density at radius 1 is 1.25 bits per heavy atom. The van der Waals surface area contributed by atoms with Crippen molar-refractivity contribution in [1.29, 1.82) is 0 Å². The van der Waals surface area contributed by atoms with E-state index >= 15 is 0 Å². The van der Waals surface area contributed by atoms with Crippen LogP contribution >= 0.6 is 0 Å². The first-order chi connectivity index (χ1) is 11.8. The first-order valence-corrected chi connectivity index (χ1v) is 8.64. The highest BCUT2D eigenvalue weighted by atomic mass is 16.7. The van der Waals surface area contributed by atoms with Crippen LogP contribution in [-0.4, -0.2) is 51.5 Å². The van der Waals surface area contributed by atoms with Crippen molar-refractivity contribution >= 4 is 5.96 Å². The second kappa shape index (κ2) is 8.24. The summed E-state index contributed by atoms with van der Waals surface area (Å²) in [4.78, 5) is 6.52. The highest BCUT2D eigenvalue weighted by Crippen LogP contribution is 2.32. The minimum Gasteiger partial charge on any atom is -0.454 e. The second-order valence-corrected chi connectivity index (χ2v) is 6.36. The number of aliphatic imine (C=N–C) groups is 1. The average molecular weight is 333 g/mol. The molecule has 0 aliphatic carbocycles. The molecule has 0 bridgehead atoms.